The topological polar surface area (TPSA) is 52.0 Å². The molecule has 0 aliphatic heterocycles. The summed E-state index contributed by atoms with van der Waals surface area (Å²) in [6.07, 6.45) is 0.665. The van der Waals surface area contributed by atoms with E-state index < -0.39 is 0 Å². The zero-order valence-electron chi connectivity index (χ0n) is 8.41. The average Bonchev–Trinajstić information content (AvgIpc) is 2.67. The van der Waals surface area contributed by atoms with Gasteiger partial charge in [-0.15, -0.1) is 0 Å². The molecule has 1 aromatic heterocycles. The third-order valence-electron chi connectivity index (χ3n) is 2.16. The molecule has 0 spiro atoms. The first-order valence-corrected chi connectivity index (χ1v) is 5.57. The molecule has 0 aliphatic carbocycles. The number of benzene rings is 1. The molecule has 1 heterocycles. The first-order valence-electron chi connectivity index (χ1n) is 4.82. The molecule has 3 nitrogen and oxygen atoms in total. The Morgan fingerprint density at radius 1 is 1.25 bits per heavy atom. The molecule has 0 atom stereocenters. The van der Waals surface area contributed by atoms with Gasteiger partial charge >= 0.3 is 0 Å². The van der Waals surface area contributed by atoms with E-state index >= 15 is 0 Å². The summed E-state index contributed by atoms with van der Waals surface area (Å²) in [6.45, 7) is 0.531. The number of nitrogens with two attached hydrogens (primary N) is 1. The molecule has 0 fully saturated rings. The highest BCUT2D eigenvalue weighted by atomic mass is 35.5. The van der Waals surface area contributed by atoms with E-state index in [0.717, 1.165) is 11.3 Å². The van der Waals surface area contributed by atoms with Crippen LogP contribution in [0.25, 0.3) is 11.3 Å². The number of rotatable bonds is 3. The maximum absolute atomic E-state index is 6.06. The van der Waals surface area contributed by atoms with Crippen molar-refractivity contribution < 1.29 is 4.52 Å². The summed E-state index contributed by atoms with van der Waals surface area (Å²) in [4.78, 5) is 0. The normalized spacial score (nSPS) is 10.7. The van der Waals surface area contributed by atoms with E-state index in [2.05, 4.69) is 5.16 Å². The largest absolute Gasteiger partial charge is 0.361 e. The molecule has 16 heavy (non-hydrogen) atoms. The summed E-state index contributed by atoms with van der Waals surface area (Å²) >= 11 is 11.9. The third-order valence-corrected chi connectivity index (χ3v) is 2.70. The minimum atomic E-state index is 0.531. The summed E-state index contributed by atoms with van der Waals surface area (Å²) in [6, 6.07) is 7.09. The molecule has 0 saturated heterocycles. The van der Waals surface area contributed by atoms with Gasteiger partial charge in [-0.1, -0.05) is 28.4 Å². The van der Waals surface area contributed by atoms with Crippen molar-refractivity contribution in [2.24, 2.45) is 5.73 Å². The molecular weight excluding hydrogens is 247 g/mol. The number of nitrogens with zero attached hydrogens (tertiary/aromatic N) is 1. The lowest BCUT2D eigenvalue weighted by Crippen LogP contribution is -2.01. The summed E-state index contributed by atoms with van der Waals surface area (Å²) in [5.41, 5.74) is 6.93. The van der Waals surface area contributed by atoms with Gasteiger partial charge in [0, 0.05) is 23.1 Å². The first kappa shape index (κ1) is 11.5. The zero-order valence-corrected chi connectivity index (χ0v) is 9.92. The van der Waals surface area contributed by atoms with Crippen molar-refractivity contribution >= 4 is 23.2 Å². The van der Waals surface area contributed by atoms with Crippen LogP contribution in [0.1, 0.15) is 5.76 Å². The fraction of sp³-hybridized carbons (Fsp3) is 0.182. The van der Waals surface area contributed by atoms with Crippen molar-refractivity contribution in [1.29, 1.82) is 0 Å². The van der Waals surface area contributed by atoms with Crippen LogP contribution in [0.2, 0.25) is 10.0 Å². The second-order valence-electron chi connectivity index (χ2n) is 3.34. The lowest BCUT2D eigenvalue weighted by atomic mass is 10.1. The van der Waals surface area contributed by atoms with Gasteiger partial charge in [0.2, 0.25) is 0 Å². The zero-order chi connectivity index (χ0) is 11.5. The molecule has 0 radical (unpaired) electrons. The molecule has 1 aromatic carbocycles. The van der Waals surface area contributed by atoms with Gasteiger partial charge in [0.05, 0.1) is 5.02 Å². The smallest absolute Gasteiger partial charge is 0.138 e. The Morgan fingerprint density at radius 3 is 2.75 bits per heavy atom. The lowest BCUT2D eigenvalue weighted by molar-refractivity contribution is 0.386. The van der Waals surface area contributed by atoms with Gasteiger partial charge < -0.3 is 10.3 Å². The Kier molecular flexibility index (Phi) is 3.49. The minimum absolute atomic E-state index is 0.531. The Labute approximate surface area is 103 Å². The van der Waals surface area contributed by atoms with Crippen molar-refractivity contribution in [2.45, 2.75) is 6.42 Å². The lowest BCUT2D eigenvalue weighted by Gasteiger charge is -1.99. The van der Waals surface area contributed by atoms with Gasteiger partial charge in [-0.25, -0.2) is 0 Å². The van der Waals surface area contributed by atoms with Crippen molar-refractivity contribution in [3.63, 3.8) is 0 Å². The average molecular weight is 257 g/mol. The third kappa shape index (κ3) is 2.38. The molecule has 2 N–H and O–H groups in total. The summed E-state index contributed by atoms with van der Waals surface area (Å²) < 4.78 is 5.12. The quantitative estimate of drug-likeness (QED) is 0.918. The predicted molar refractivity (Wildman–Crippen MR) is 64.7 cm³/mol. The highest BCUT2D eigenvalue weighted by molar-refractivity contribution is 6.36. The van der Waals surface area contributed by atoms with Crippen molar-refractivity contribution in [3.8, 4) is 11.3 Å². The van der Waals surface area contributed by atoms with Crippen molar-refractivity contribution in [1.82, 2.24) is 5.16 Å². The monoisotopic (exact) mass is 256 g/mol. The molecule has 5 heteroatoms. The maximum atomic E-state index is 6.06. The summed E-state index contributed by atoms with van der Waals surface area (Å²) in [7, 11) is 0. The maximum Gasteiger partial charge on any atom is 0.138 e. The minimum Gasteiger partial charge on any atom is -0.361 e. The van der Waals surface area contributed by atoms with Crippen molar-refractivity contribution in [2.75, 3.05) is 6.54 Å². The van der Waals surface area contributed by atoms with Gasteiger partial charge in [0.1, 0.15) is 11.5 Å². The van der Waals surface area contributed by atoms with Crippen LogP contribution in [0.5, 0.6) is 0 Å². The van der Waals surface area contributed by atoms with Crippen LogP contribution in [0.15, 0.2) is 28.8 Å². The number of aromatic nitrogens is 1. The van der Waals surface area contributed by atoms with E-state index in [-0.39, 0.29) is 0 Å². The second kappa shape index (κ2) is 4.87. The van der Waals surface area contributed by atoms with Crippen LogP contribution in [-0.2, 0) is 6.42 Å². The molecule has 0 amide bonds. The molecule has 0 bridgehead atoms. The van der Waals surface area contributed by atoms with Gasteiger partial charge in [0.25, 0.3) is 0 Å². The van der Waals surface area contributed by atoms with E-state index in [1.807, 2.05) is 12.1 Å². The fourth-order valence-corrected chi connectivity index (χ4v) is 1.90. The van der Waals surface area contributed by atoms with E-state index in [0.29, 0.717) is 28.7 Å². The first-order chi connectivity index (χ1) is 7.70. The summed E-state index contributed by atoms with van der Waals surface area (Å²) in [5.74, 6) is 0.753. The second-order valence-corrected chi connectivity index (χ2v) is 4.18. The van der Waals surface area contributed by atoms with Crippen LogP contribution in [0.3, 0.4) is 0 Å². The molecule has 2 aromatic rings. The number of hydrogen-bond acceptors (Lipinski definition) is 3. The van der Waals surface area contributed by atoms with E-state index in [9.17, 15) is 0 Å². The number of hydrogen-bond donors (Lipinski definition) is 1. The Morgan fingerprint density at radius 2 is 2.06 bits per heavy atom. The Hall–Kier alpha value is -1.03. The SMILES string of the molecule is NCCc1cc(-c2ccc(Cl)cc2Cl)no1. The number of halogens is 2. The standard InChI is InChI=1S/C11H10Cl2N2O/c12-7-1-2-9(10(13)5-7)11-6-8(3-4-14)16-15-11/h1-2,5-6H,3-4,14H2. The molecule has 2 rings (SSSR count). The molecule has 0 aliphatic rings. The van der Waals surface area contributed by atoms with Gasteiger partial charge in [-0.05, 0) is 24.7 Å². The highest BCUT2D eigenvalue weighted by Gasteiger charge is 2.09. The van der Waals surface area contributed by atoms with Gasteiger partial charge in [-0.2, -0.15) is 0 Å². The van der Waals surface area contributed by atoms with Gasteiger partial charge in [0.15, 0.2) is 0 Å². The van der Waals surface area contributed by atoms with E-state index in [4.69, 9.17) is 33.5 Å². The molecule has 0 unspecified atom stereocenters. The van der Waals surface area contributed by atoms with E-state index in [1.165, 1.54) is 0 Å². The Bertz CT molecular complexity index is 496. The molecule has 0 saturated carbocycles. The summed E-state index contributed by atoms with van der Waals surface area (Å²) in [5, 5.41) is 5.09. The Balaban J connectivity index is 2.35. The van der Waals surface area contributed by atoms with E-state index in [1.54, 1.807) is 12.1 Å². The molecule has 84 valence electrons. The van der Waals surface area contributed by atoms with Gasteiger partial charge in [-0.3, -0.25) is 0 Å². The van der Waals surface area contributed by atoms with Crippen LogP contribution < -0.4 is 5.73 Å². The predicted octanol–water partition coefficient (Wildman–Crippen LogP) is 3.15. The molecular formula is C11H10Cl2N2O. The van der Waals surface area contributed by atoms with Crippen LogP contribution in [0, 0.1) is 0 Å². The van der Waals surface area contributed by atoms with Crippen LogP contribution >= 0.6 is 23.2 Å². The fourth-order valence-electron chi connectivity index (χ4n) is 1.40. The van der Waals surface area contributed by atoms with Crippen molar-refractivity contribution in [3.05, 3.63) is 40.1 Å². The van der Waals surface area contributed by atoms with Crippen LogP contribution in [-0.4, -0.2) is 11.7 Å². The highest BCUT2D eigenvalue weighted by Crippen LogP contribution is 2.29. The van der Waals surface area contributed by atoms with Crippen LogP contribution in [0.4, 0.5) is 0 Å².